The lowest BCUT2D eigenvalue weighted by molar-refractivity contribution is -0.118. The molecule has 6 heteroatoms. The minimum atomic E-state index is -0.533. The van der Waals surface area contributed by atoms with Gasteiger partial charge in [0.2, 0.25) is 0 Å². The molecule has 0 saturated heterocycles. The number of halogens is 1. The van der Waals surface area contributed by atoms with E-state index in [-0.39, 0.29) is 17.3 Å². The molecule has 0 atom stereocenters. The third kappa shape index (κ3) is 8.07. The van der Waals surface area contributed by atoms with E-state index in [0.717, 1.165) is 11.1 Å². The number of anilines is 1. The molecule has 0 heterocycles. The van der Waals surface area contributed by atoms with Crippen molar-refractivity contribution in [3.8, 4) is 0 Å². The molecule has 196 valence electrons. The van der Waals surface area contributed by atoms with Gasteiger partial charge in [0.15, 0.2) is 0 Å². The van der Waals surface area contributed by atoms with E-state index >= 15 is 0 Å². The molecular formula is C33H29FN2O3. The number of amides is 2. The fraction of sp³-hybridized carbons (Fsp3) is 0.121. The Morgan fingerprint density at radius 3 is 2.13 bits per heavy atom. The normalized spacial score (nSPS) is 11.1. The van der Waals surface area contributed by atoms with Crippen molar-refractivity contribution in [1.29, 1.82) is 0 Å². The van der Waals surface area contributed by atoms with Crippen LogP contribution in [0.3, 0.4) is 0 Å². The molecule has 0 aliphatic rings. The third-order valence-corrected chi connectivity index (χ3v) is 6.21. The number of nitrogens with one attached hydrogen (secondary N) is 2. The molecule has 4 aromatic rings. The molecule has 39 heavy (non-hydrogen) atoms. The van der Waals surface area contributed by atoms with Crippen LogP contribution in [-0.2, 0) is 22.4 Å². The molecule has 2 amide bonds. The van der Waals surface area contributed by atoms with Gasteiger partial charge in [-0.05, 0) is 78.1 Å². The highest BCUT2D eigenvalue weighted by molar-refractivity contribution is 6.10. The fourth-order valence-corrected chi connectivity index (χ4v) is 4.05. The monoisotopic (exact) mass is 520 g/mol. The number of Topliss-reactive ketones (excluding diaryl/α,β-unsaturated/α-hetero) is 1. The molecule has 0 aliphatic carbocycles. The summed E-state index contributed by atoms with van der Waals surface area (Å²) >= 11 is 0. The van der Waals surface area contributed by atoms with Gasteiger partial charge < -0.3 is 10.6 Å². The fourth-order valence-electron chi connectivity index (χ4n) is 4.05. The van der Waals surface area contributed by atoms with Crippen LogP contribution in [0.2, 0.25) is 0 Å². The van der Waals surface area contributed by atoms with Gasteiger partial charge in [-0.15, -0.1) is 0 Å². The first kappa shape index (κ1) is 27.2. The predicted molar refractivity (Wildman–Crippen MR) is 152 cm³/mol. The van der Waals surface area contributed by atoms with E-state index in [1.807, 2.05) is 30.3 Å². The minimum Gasteiger partial charge on any atom is -0.321 e. The average Bonchev–Trinajstić information content (AvgIpc) is 2.95. The SMILES string of the molecule is Cc1cc(F)ccc1/C=C(\NC(=O)c1ccccc1)C(=O)Nc1ccc(CC(=O)CCc2ccccc2)cc1. The van der Waals surface area contributed by atoms with Crippen LogP contribution in [0, 0.1) is 12.7 Å². The van der Waals surface area contributed by atoms with Crippen LogP contribution in [0.5, 0.6) is 0 Å². The van der Waals surface area contributed by atoms with Crippen molar-refractivity contribution in [3.63, 3.8) is 0 Å². The van der Waals surface area contributed by atoms with Gasteiger partial charge in [-0.2, -0.15) is 0 Å². The summed E-state index contributed by atoms with van der Waals surface area (Å²) in [7, 11) is 0. The van der Waals surface area contributed by atoms with E-state index in [1.54, 1.807) is 67.6 Å². The smallest absolute Gasteiger partial charge is 0.272 e. The molecular weight excluding hydrogens is 491 g/mol. The number of carbonyl (C=O) groups is 3. The first-order chi connectivity index (χ1) is 18.9. The standard InChI is InChI=1S/C33H29FN2O3/c1-23-20-28(34)16-15-27(23)22-31(36-32(38)26-10-6-3-7-11-26)33(39)35-29-17-12-25(13-18-29)21-30(37)19-14-24-8-4-2-5-9-24/h2-13,15-18,20,22H,14,19,21H2,1H3,(H,35,39)(H,36,38)/b31-22-. The summed E-state index contributed by atoms with van der Waals surface area (Å²) in [5.74, 6) is -1.22. The van der Waals surface area contributed by atoms with Crippen molar-refractivity contribution in [3.05, 3.63) is 142 Å². The maximum Gasteiger partial charge on any atom is 0.272 e. The van der Waals surface area contributed by atoms with Crippen LogP contribution in [0.25, 0.3) is 6.08 Å². The maximum atomic E-state index is 13.6. The van der Waals surface area contributed by atoms with Gasteiger partial charge >= 0.3 is 0 Å². The van der Waals surface area contributed by atoms with Crippen LogP contribution < -0.4 is 10.6 Å². The van der Waals surface area contributed by atoms with E-state index in [0.29, 0.717) is 41.6 Å². The first-order valence-electron chi connectivity index (χ1n) is 12.7. The summed E-state index contributed by atoms with van der Waals surface area (Å²) in [5, 5.41) is 5.48. The number of carbonyl (C=O) groups excluding carboxylic acids is 3. The Kier molecular flexibility index (Phi) is 9.14. The van der Waals surface area contributed by atoms with Gasteiger partial charge in [0, 0.05) is 24.1 Å². The number of benzene rings is 4. The van der Waals surface area contributed by atoms with Crippen molar-refractivity contribution in [2.75, 3.05) is 5.32 Å². The van der Waals surface area contributed by atoms with Gasteiger partial charge in [0.05, 0.1) is 0 Å². The quantitative estimate of drug-likeness (QED) is 0.241. The molecule has 5 nitrogen and oxygen atoms in total. The van der Waals surface area contributed by atoms with Crippen molar-refractivity contribution in [2.45, 2.75) is 26.2 Å². The molecule has 0 aliphatic heterocycles. The lowest BCUT2D eigenvalue weighted by Crippen LogP contribution is -2.30. The second kappa shape index (κ2) is 13.1. The van der Waals surface area contributed by atoms with Gasteiger partial charge in [0.1, 0.15) is 17.3 Å². The number of aryl methyl sites for hydroxylation is 2. The molecule has 0 fully saturated rings. The minimum absolute atomic E-state index is 0.0127. The van der Waals surface area contributed by atoms with Crippen molar-refractivity contribution in [1.82, 2.24) is 5.32 Å². The summed E-state index contributed by atoms with van der Waals surface area (Å²) in [5.41, 5.74) is 4.11. The number of rotatable bonds is 10. The Bertz CT molecular complexity index is 1480. The zero-order valence-electron chi connectivity index (χ0n) is 21.6. The van der Waals surface area contributed by atoms with Gasteiger partial charge in [-0.3, -0.25) is 14.4 Å². The van der Waals surface area contributed by atoms with E-state index in [4.69, 9.17) is 0 Å². The number of hydrogen-bond donors (Lipinski definition) is 2. The highest BCUT2D eigenvalue weighted by Gasteiger charge is 2.16. The van der Waals surface area contributed by atoms with E-state index in [9.17, 15) is 18.8 Å². The molecule has 0 radical (unpaired) electrons. The summed E-state index contributed by atoms with van der Waals surface area (Å²) in [6, 6.07) is 29.7. The zero-order valence-corrected chi connectivity index (χ0v) is 21.6. The van der Waals surface area contributed by atoms with E-state index in [1.165, 1.54) is 18.2 Å². The maximum absolute atomic E-state index is 13.6. The Morgan fingerprint density at radius 1 is 0.795 bits per heavy atom. The highest BCUT2D eigenvalue weighted by Crippen LogP contribution is 2.17. The van der Waals surface area contributed by atoms with Crippen molar-refractivity contribution in [2.24, 2.45) is 0 Å². The lowest BCUT2D eigenvalue weighted by atomic mass is 10.0. The Morgan fingerprint density at radius 2 is 1.46 bits per heavy atom. The first-order valence-corrected chi connectivity index (χ1v) is 12.7. The average molecular weight is 521 g/mol. The van der Waals surface area contributed by atoms with Crippen LogP contribution >= 0.6 is 0 Å². The summed E-state index contributed by atoms with van der Waals surface area (Å²) in [4.78, 5) is 38.5. The topological polar surface area (TPSA) is 75.3 Å². The number of ketones is 1. The Balaban J connectivity index is 1.44. The molecule has 0 unspecified atom stereocenters. The van der Waals surface area contributed by atoms with Gasteiger partial charge in [0.25, 0.3) is 11.8 Å². The number of hydrogen-bond acceptors (Lipinski definition) is 3. The third-order valence-electron chi connectivity index (χ3n) is 6.21. The Labute approximate surface area is 227 Å². The molecule has 4 aromatic carbocycles. The molecule has 2 N–H and O–H groups in total. The van der Waals surface area contributed by atoms with Crippen LogP contribution in [0.4, 0.5) is 10.1 Å². The van der Waals surface area contributed by atoms with Crippen LogP contribution in [0.1, 0.15) is 39.0 Å². The largest absolute Gasteiger partial charge is 0.321 e. The predicted octanol–water partition coefficient (Wildman–Crippen LogP) is 6.29. The molecule has 0 saturated carbocycles. The van der Waals surface area contributed by atoms with Gasteiger partial charge in [-0.25, -0.2) is 4.39 Å². The van der Waals surface area contributed by atoms with Gasteiger partial charge in [-0.1, -0.05) is 66.7 Å². The summed E-state index contributed by atoms with van der Waals surface area (Å²) in [6.45, 7) is 1.73. The molecule has 0 spiro atoms. The summed E-state index contributed by atoms with van der Waals surface area (Å²) in [6.07, 6.45) is 2.99. The second-order valence-corrected chi connectivity index (χ2v) is 9.23. The zero-order chi connectivity index (χ0) is 27.6. The molecule has 0 aromatic heterocycles. The highest BCUT2D eigenvalue weighted by atomic mass is 19.1. The van der Waals surface area contributed by atoms with Crippen molar-refractivity contribution >= 4 is 29.4 Å². The molecule has 0 bridgehead atoms. The van der Waals surface area contributed by atoms with Crippen LogP contribution in [0.15, 0.2) is 109 Å². The van der Waals surface area contributed by atoms with Crippen LogP contribution in [-0.4, -0.2) is 17.6 Å². The Hall–Kier alpha value is -4.84. The van der Waals surface area contributed by atoms with E-state index < -0.39 is 11.8 Å². The van der Waals surface area contributed by atoms with Crippen molar-refractivity contribution < 1.29 is 18.8 Å². The van der Waals surface area contributed by atoms with E-state index in [2.05, 4.69) is 10.6 Å². The summed E-state index contributed by atoms with van der Waals surface area (Å²) < 4.78 is 13.6. The molecule has 4 rings (SSSR count). The second-order valence-electron chi connectivity index (χ2n) is 9.23. The lowest BCUT2D eigenvalue weighted by Gasteiger charge is -2.12.